The van der Waals surface area contributed by atoms with E-state index >= 15 is 0 Å². The Morgan fingerprint density at radius 3 is 1.82 bits per heavy atom. The summed E-state index contributed by atoms with van der Waals surface area (Å²) in [5.41, 5.74) is 0.394. The maximum Gasteiger partial charge on any atom is 0.415 e. The summed E-state index contributed by atoms with van der Waals surface area (Å²) in [7, 11) is -4.15. The molecule has 0 amide bonds. The number of esters is 1. The first kappa shape index (κ1) is 25.0. The Balaban J connectivity index is 1.76. The van der Waals surface area contributed by atoms with Crippen molar-refractivity contribution in [2.75, 3.05) is 72.2 Å². The molecule has 3 N–H and O–H groups in total. The SMILES string of the molecule is C=C(COCCOCCOCCOCCOC(=O)C[P+](O)(O)O)C(=O)C1CO1. The van der Waals surface area contributed by atoms with Crippen molar-refractivity contribution in [2.45, 2.75) is 6.10 Å². The van der Waals surface area contributed by atoms with E-state index in [2.05, 4.69) is 11.3 Å². The molecule has 1 aliphatic rings. The molecular weight excluding hydrogens is 399 g/mol. The fourth-order valence-corrected chi connectivity index (χ4v) is 2.22. The van der Waals surface area contributed by atoms with Crippen molar-refractivity contribution in [1.82, 2.24) is 0 Å². The van der Waals surface area contributed by atoms with Gasteiger partial charge in [-0.2, -0.15) is 14.7 Å². The summed E-state index contributed by atoms with van der Waals surface area (Å²) in [4.78, 5) is 48.6. The van der Waals surface area contributed by atoms with Crippen molar-refractivity contribution in [3.05, 3.63) is 12.2 Å². The first-order chi connectivity index (χ1) is 13.3. The van der Waals surface area contributed by atoms with Crippen LogP contribution in [0.25, 0.3) is 0 Å². The summed E-state index contributed by atoms with van der Waals surface area (Å²) in [6.07, 6.45) is -1.16. The molecule has 0 spiro atoms. The zero-order chi connectivity index (χ0) is 20.8. The summed E-state index contributed by atoms with van der Waals surface area (Å²) in [5, 5.41) is 0. The van der Waals surface area contributed by atoms with Crippen LogP contribution in [0.2, 0.25) is 0 Å². The zero-order valence-electron chi connectivity index (χ0n) is 15.6. The molecule has 1 atom stereocenters. The van der Waals surface area contributed by atoms with Gasteiger partial charge in [0.1, 0.15) is 12.7 Å². The predicted octanol–water partition coefficient (Wildman–Crippen LogP) is -1.14. The number of epoxide rings is 1. The first-order valence-electron chi connectivity index (χ1n) is 8.66. The maximum atomic E-state index is 11.5. The van der Waals surface area contributed by atoms with Gasteiger partial charge in [0, 0.05) is 5.57 Å². The van der Waals surface area contributed by atoms with Crippen LogP contribution in [0.3, 0.4) is 0 Å². The van der Waals surface area contributed by atoms with Crippen molar-refractivity contribution in [3.63, 3.8) is 0 Å². The smallest absolute Gasteiger partial charge is 0.415 e. The quantitative estimate of drug-likeness (QED) is 0.0799. The number of hydrogen-bond acceptors (Lipinski definition) is 11. The van der Waals surface area contributed by atoms with Crippen molar-refractivity contribution in [3.8, 4) is 0 Å². The van der Waals surface area contributed by atoms with E-state index in [1.807, 2.05) is 0 Å². The summed E-state index contributed by atoms with van der Waals surface area (Å²) in [6, 6.07) is 0. The van der Waals surface area contributed by atoms with E-state index in [1.165, 1.54) is 0 Å². The van der Waals surface area contributed by atoms with Crippen molar-refractivity contribution < 1.29 is 52.7 Å². The number of carbonyl (C=O) groups is 2. The third-order valence-corrected chi connectivity index (χ3v) is 3.88. The van der Waals surface area contributed by atoms with Gasteiger partial charge < -0.3 is 28.4 Å². The van der Waals surface area contributed by atoms with Crippen LogP contribution in [0.15, 0.2) is 12.2 Å². The molecule has 28 heavy (non-hydrogen) atoms. The van der Waals surface area contributed by atoms with E-state index in [-0.39, 0.29) is 31.7 Å². The zero-order valence-corrected chi connectivity index (χ0v) is 16.5. The lowest BCUT2D eigenvalue weighted by atomic mass is 10.1. The van der Waals surface area contributed by atoms with Crippen LogP contribution in [0.5, 0.6) is 0 Å². The fourth-order valence-electron chi connectivity index (χ4n) is 1.79. The lowest BCUT2D eigenvalue weighted by molar-refractivity contribution is -0.142. The monoisotopic (exact) mass is 427 g/mol. The highest BCUT2D eigenvalue weighted by atomic mass is 31.2. The molecule has 0 aromatic carbocycles. The minimum Gasteiger partial charge on any atom is -0.460 e. The van der Waals surface area contributed by atoms with Crippen LogP contribution in [-0.2, 0) is 38.0 Å². The Kier molecular flexibility index (Phi) is 12.6. The lowest BCUT2D eigenvalue weighted by Gasteiger charge is -2.08. The average Bonchev–Trinajstić information content (AvgIpc) is 3.44. The van der Waals surface area contributed by atoms with Gasteiger partial charge in [-0.15, -0.1) is 0 Å². The van der Waals surface area contributed by atoms with E-state index < -0.39 is 20.1 Å². The second-order valence-electron chi connectivity index (χ2n) is 5.75. The third kappa shape index (κ3) is 14.1. The number of hydrogen-bond donors (Lipinski definition) is 3. The van der Waals surface area contributed by atoms with E-state index in [0.29, 0.717) is 51.8 Å². The Hall–Kier alpha value is -1.01. The second kappa shape index (κ2) is 14.0. The topological polar surface area (TPSA) is 154 Å². The van der Waals surface area contributed by atoms with Crippen LogP contribution >= 0.6 is 7.94 Å². The van der Waals surface area contributed by atoms with Gasteiger partial charge in [0.25, 0.3) is 0 Å². The van der Waals surface area contributed by atoms with Gasteiger partial charge in [-0.3, -0.25) is 4.79 Å². The molecule has 1 rings (SSSR count). The van der Waals surface area contributed by atoms with Crippen molar-refractivity contribution in [2.24, 2.45) is 0 Å². The maximum absolute atomic E-state index is 11.5. The van der Waals surface area contributed by atoms with Crippen LogP contribution in [-0.4, -0.2) is 105 Å². The van der Waals surface area contributed by atoms with E-state index in [4.69, 9.17) is 38.4 Å². The lowest BCUT2D eigenvalue weighted by Crippen LogP contribution is -2.17. The molecule has 0 aliphatic carbocycles. The minimum absolute atomic E-state index is 0.0619. The van der Waals surface area contributed by atoms with Gasteiger partial charge in [0.15, 0.2) is 5.78 Å². The highest BCUT2D eigenvalue weighted by Gasteiger charge is 2.34. The highest BCUT2D eigenvalue weighted by Crippen LogP contribution is 2.43. The van der Waals surface area contributed by atoms with E-state index in [9.17, 15) is 9.59 Å². The molecule has 0 aromatic heterocycles. The molecule has 0 radical (unpaired) electrons. The van der Waals surface area contributed by atoms with Crippen LogP contribution < -0.4 is 0 Å². The molecule has 1 heterocycles. The molecule has 1 aliphatic heterocycles. The molecule has 0 bridgehead atoms. The number of Topliss-reactive ketones (excluding diaryl/α,β-unsaturated/α-hetero) is 1. The third-order valence-electron chi connectivity index (χ3n) is 3.20. The van der Waals surface area contributed by atoms with E-state index in [0.717, 1.165) is 0 Å². The molecule has 1 fully saturated rings. The van der Waals surface area contributed by atoms with Gasteiger partial charge in [-0.25, -0.2) is 4.79 Å². The molecule has 11 nitrogen and oxygen atoms in total. The van der Waals surface area contributed by atoms with Gasteiger partial charge in [-0.1, -0.05) is 6.58 Å². The highest BCUT2D eigenvalue weighted by molar-refractivity contribution is 7.59. The minimum atomic E-state index is -4.15. The molecule has 12 heteroatoms. The summed E-state index contributed by atoms with van der Waals surface area (Å²) in [5.74, 6) is -1.02. The normalized spacial score (nSPS) is 16.0. The average molecular weight is 427 g/mol. The largest absolute Gasteiger partial charge is 0.460 e. The summed E-state index contributed by atoms with van der Waals surface area (Å²) < 4.78 is 30.5. The Labute approximate surface area is 163 Å². The van der Waals surface area contributed by atoms with Gasteiger partial charge in [0.2, 0.25) is 6.16 Å². The molecule has 1 unspecified atom stereocenters. The second-order valence-corrected chi connectivity index (χ2v) is 7.45. The Morgan fingerprint density at radius 1 is 0.893 bits per heavy atom. The molecule has 0 saturated carbocycles. The van der Waals surface area contributed by atoms with Crippen LogP contribution in [0.4, 0.5) is 0 Å². The van der Waals surface area contributed by atoms with Gasteiger partial charge >= 0.3 is 13.9 Å². The predicted molar refractivity (Wildman–Crippen MR) is 96.6 cm³/mol. The number of rotatable bonds is 18. The number of ether oxygens (including phenoxy) is 6. The van der Waals surface area contributed by atoms with Crippen LogP contribution in [0.1, 0.15) is 0 Å². The molecule has 0 aromatic rings. The van der Waals surface area contributed by atoms with Crippen molar-refractivity contribution >= 4 is 19.7 Å². The van der Waals surface area contributed by atoms with E-state index in [1.54, 1.807) is 0 Å². The first-order valence-corrected chi connectivity index (χ1v) is 10.5. The molecule has 162 valence electrons. The summed E-state index contributed by atoms with van der Waals surface area (Å²) in [6.45, 7) is 6.41. The number of ketones is 1. The molecule has 1 saturated heterocycles. The molecular formula is C16H28O11P+. The van der Waals surface area contributed by atoms with Gasteiger partial charge in [0.05, 0.1) is 59.5 Å². The fraction of sp³-hybridized carbons (Fsp3) is 0.750. The Morgan fingerprint density at radius 2 is 1.36 bits per heavy atom. The summed E-state index contributed by atoms with van der Waals surface area (Å²) >= 11 is 0. The van der Waals surface area contributed by atoms with Crippen LogP contribution in [0, 0.1) is 0 Å². The van der Waals surface area contributed by atoms with Gasteiger partial charge in [-0.05, 0) is 0 Å². The standard InChI is InChI=1S/C16H28O11P/c1-13(16(18)14-11-27-14)10-25-7-6-23-3-2-22-4-5-24-8-9-26-15(17)12-28(19,20)21/h14,19-21H,1-12H2/q+1. The number of carbonyl (C=O) groups excluding carboxylic acids is 2. The van der Waals surface area contributed by atoms with Crippen molar-refractivity contribution in [1.29, 1.82) is 0 Å². The Bertz CT molecular complexity index is 487.